The van der Waals surface area contributed by atoms with Crippen LogP contribution in [0.5, 0.6) is 0 Å². The van der Waals surface area contributed by atoms with Crippen LogP contribution in [0.15, 0.2) is 36.7 Å². The molecule has 0 radical (unpaired) electrons. The van der Waals surface area contributed by atoms with Crippen molar-refractivity contribution in [2.75, 3.05) is 32.8 Å². The second kappa shape index (κ2) is 6.80. The molecule has 130 valence electrons. The van der Waals surface area contributed by atoms with Crippen LogP contribution in [0.25, 0.3) is 0 Å². The van der Waals surface area contributed by atoms with Gasteiger partial charge in [-0.2, -0.15) is 0 Å². The second-order valence-electron chi connectivity index (χ2n) is 7.24. The molecular weight excluding hydrogens is 286 g/mol. The molecule has 0 aliphatic carbocycles. The monoisotopic (exact) mass is 319 g/mol. The molecule has 23 heavy (non-hydrogen) atoms. The van der Waals surface area contributed by atoms with Crippen molar-refractivity contribution in [3.05, 3.63) is 36.7 Å². The summed E-state index contributed by atoms with van der Waals surface area (Å²) in [5.41, 5.74) is 2.55. The minimum Gasteiger partial charge on any atom is -0.379 e. The summed E-state index contributed by atoms with van der Waals surface area (Å²) < 4.78 is 5.51. The molecule has 0 aromatic heterocycles. The van der Waals surface area contributed by atoms with Crippen LogP contribution in [0, 0.1) is 0 Å². The van der Waals surface area contributed by atoms with Gasteiger partial charge in [0.15, 0.2) is 0 Å². The summed E-state index contributed by atoms with van der Waals surface area (Å²) in [6, 6.07) is 0.350. The zero-order chi connectivity index (χ0) is 17.3. The van der Waals surface area contributed by atoms with Gasteiger partial charge in [-0.15, -0.1) is 6.58 Å². The Hall–Kier alpha value is -1.10. The summed E-state index contributed by atoms with van der Waals surface area (Å²) >= 11 is 0. The van der Waals surface area contributed by atoms with Crippen LogP contribution in [-0.2, 0) is 4.74 Å². The van der Waals surface area contributed by atoms with Crippen molar-refractivity contribution in [3.8, 4) is 0 Å². The number of nitrogens with zero attached hydrogens (tertiary/aromatic N) is 2. The van der Waals surface area contributed by atoms with Crippen molar-refractivity contribution in [3.63, 3.8) is 0 Å². The first-order valence-electron chi connectivity index (χ1n) is 8.62. The van der Waals surface area contributed by atoms with Crippen LogP contribution in [0.4, 0.5) is 0 Å². The number of hydrogen-bond donors (Lipinski definition) is 1. The lowest BCUT2D eigenvalue weighted by atomic mass is 9.78. The molecule has 2 rings (SSSR count). The van der Waals surface area contributed by atoms with Crippen molar-refractivity contribution < 1.29 is 4.74 Å². The number of rotatable bonds is 6. The first-order valence-corrected chi connectivity index (χ1v) is 8.62. The molecule has 2 aliphatic heterocycles. The van der Waals surface area contributed by atoms with E-state index in [1.807, 2.05) is 12.3 Å². The minimum atomic E-state index is -0.120. The molecule has 4 heteroatoms. The molecule has 2 heterocycles. The third-order valence-corrected chi connectivity index (χ3v) is 5.99. The molecule has 1 saturated heterocycles. The lowest BCUT2D eigenvalue weighted by molar-refractivity contribution is 0.0209. The lowest BCUT2D eigenvalue weighted by Crippen LogP contribution is -2.60. The molecule has 0 aromatic rings. The average molecular weight is 319 g/mol. The molecule has 4 nitrogen and oxygen atoms in total. The molecule has 1 unspecified atom stereocenters. The van der Waals surface area contributed by atoms with Crippen LogP contribution < -0.4 is 5.32 Å². The third-order valence-electron chi connectivity index (χ3n) is 5.99. The zero-order valence-electron chi connectivity index (χ0n) is 15.5. The van der Waals surface area contributed by atoms with Crippen molar-refractivity contribution in [2.45, 2.75) is 51.7 Å². The predicted octanol–water partition coefficient (Wildman–Crippen LogP) is 2.75. The van der Waals surface area contributed by atoms with Gasteiger partial charge in [-0.3, -0.25) is 4.90 Å². The molecular formula is C19H33N3O. The van der Waals surface area contributed by atoms with E-state index < -0.39 is 0 Å². The summed E-state index contributed by atoms with van der Waals surface area (Å²) in [7, 11) is 0. The first kappa shape index (κ1) is 18.2. The fourth-order valence-electron chi connectivity index (χ4n) is 4.04. The first-order chi connectivity index (χ1) is 10.8. The highest BCUT2D eigenvalue weighted by molar-refractivity contribution is 5.41. The van der Waals surface area contributed by atoms with Crippen LogP contribution in [0.1, 0.15) is 34.6 Å². The van der Waals surface area contributed by atoms with E-state index in [4.69, 9.17) is 4.74 Å². The summed E-state index contributed by atoms with van der Waals surface area (Å²) in [6.45, 7) is 23.8. The van der Waals surface area contributed by atoms with Gasteiger partial charge in [-0.05, 0) is 46.4 Å². The zero-order valence-corrected chi connectivity index (χ0v) is 15.5. The fraction of sp³-hybridized carbons (Fsp3) is 0.684. The molecule has 2 aliphatic rings. The smallest absolute Gasteiger partial charge is 0.0619 e. The summed E-state index contributed by atoms with van der Waals surface area (Å²) in [6.07, 6.45) is 3.91. The standard InChI is InChI=1S/C19H33N3O/c1-8-10-20-19(7)15(3)17(22(9-2)18(19,5)6)16(4)21-11-13-23-14-12-21/h8-9,16,20H,1-2,10-14H2,3-7H3/t16?,19-/m0/s1. The number of ether oxygens (including phenoxy) is 1. The van der Waals surface area contributed by atoms with Crippen molar-refractivity contribution in [2.24, 2.45) is 0 Å². The maximum atomic E-state index is 5.51. The van der Waals surface area contributed by atoms with Crippen molar-refractivity contribution in [1.29, 1.82) is 0 Å². The van der Waals surface area contributed by atoms with Crippen LogP contribution in [0.3, 0.4) is 0 Å². The van der Waals surface area contributed by atoms with Gasteiger partial charge in [-0.25, -0.2) is 0 Å². The van der Waals surface area contributed by atoms with Crippen molar-refractivity contribution >= 4 is 0 Å². The van der Waals surface area contributed by atoms with E-state index in [-0.39, 0.29) is 11.1 Å². The Balaban J connectivity index is 2.40. The molecule has 0 spiro atoms. The van der Waals surface area contributed by atoms with E-state index in [2.05, 4.69) is 62.9 Å². The Kier molecular flexibility index (Phi) is 5.39. The normalized spacial score (nSPS) is 29.7. The SMILES string of the molecule is C=CCN[C@@]1(C)C(C)=C(C(C)N2CCOCC2)N(C=C)C1(C)C. The molecule has 0 bridgehead atoms. The average Bonchev–Trinajstić information content (AvgIpc) is 2.70. The Morgan fingerprint density at radius 1 is 1.26 bits per heavy atom. The topological polar surface area (TPSA) is 27.7 Å². The quantitative estimate of drug-likeness (QED) is 0.762. The maximum absolute atomic E-state index is 5.51. The van der Waals surface area contributed by atoms with Gasteiger partial charge >= 0.3 is 0 Å². The Bertz CT molecular complexity index is 491. The lowest BCUT2D eigenvalue weighted by Gasteiger charge is -2.46. The van der Waals surface area contributed by atoms with E-state index in [0.29, 0.717) is 6.04 Å². The number of hydrogen-bond acceptors (Lipinski definition) is 4. The highest BCUT2D eigenvalue weighted by Gasteiger charge is 2.53. The van der Waals surface area contributed by atoms with E-state index >= 15 is 0 Å². The Morgan fingerprint density at radius 2 is 1.87 bits per heavy atom. The van der Waals surface area contributed by atoms with Gasteiger partial charge in [0.1, 0.15) is 0 Å². The number of nitrogens with one attached hydrogen (secondary N) is 1. The molecule has 0 aromatic carbocycles. The van der Waals surface area contributed by atoms with E-state index in [9.17, 15) is 0 Å². The molecule has 0 saturated carbocycles. The number of morpholine rings is 1. The summed E-state index contributed by atoms with van der Waals surface area (Å²) in [5, 5.41) is 3.69. The van der Waals surface area contributed by atoms with Gasteiger partial charge in [-0.1, -0.05) is 12.7 Å². The predicted molar refractivity (Wildman–Crippen MR) is 97.3 cm³/mol. The van der Waals surface area contributed by atoms with Gasteiger partial charge in [0.05, 0.1) is 24.3 Å². The van der Waals surface area contributed by atoms with Crippen LogP contribution in [-0.4, -0.2) is 59.8 Å². The largest absolute Gasteiger partial charge is 0.379 e. The van der Waals surface area contributed by atoms with Gasteiger partial charge in [0.2, 0.25) is 0 Å². The van der Waals surface area contributed by atoms with Crippen LogP contribution >= 0.6 is 0 Å². The Labute approximate surface area is 141 Å². The van der Waals surface area contributed by atoms with E-state index in [1.165, 1.54) is 11.3 Å². The molecule has 2 atom stereocenters. The second-order valence-corrected chi connectivity index (χ2v) is 7.24. The summed E-state index contributed by atoms with van der Waals surface area (Å²) in [5.74, 6) is 0. The fourth-order valence-corrected chi connectivity index (χ4v) is 4.04. The molecule has 1 N–H and O–H groups in total. The highest BCUT2D eigenvalue weighted by atomic mass is 16.5. The third kappa shape index (κ3) is 2.88. The molecule has 0 amide bonds. The minimum absolute atomic E-state index is 0.0856. The van der Waals surface area contributed by atoms with E-state index in [0.717, 1.165) is 32.8 Å². The Morgan fingerprint density at radius 3 is 2.39 bits per heavy atom. The van der Waals surface area contributed by atoms with Gasteiger partial charge < -0.3 is 15.0 Å². The molecule has 1 fully saturated rings. The highest BCUT2D eigenvalue weighted by Crippen LogP contribution is 2.46. The summed E-state index contributed by atoms with van der Waals surface area (Å²) in [4.78, 5) is 4.87. The maximum Gasteiger partial charge on any atom is 0.0619 e. The van der Waals surface area contributed by atoms with Gasteiger partial charge in [0, 0.05) is 31.4 Å². The van der Waals surface area contributed by atoms with E-state index in [1.54, 1.807) is 0 Å². The van der Waals surface area contributed by atoms with Crippen LogP contribution in [0.2, 0.25) is 0 Å². The van der Waals surface area contributed by atoms with Gasteiger partial charge in [0.25, 0.3) is 0 Å². The van der Waals surface area contributed by atoms with Crippen molar-refractivity contribution in [1.82, 2.24) is 15.1 Å².